The van der Waals surface area contributed by atoms with Crippen LogP contribution in [0.5, 0.6) is 0 Å². The molecule has 0 heterocycles. The molecule has 0 aliphatic carbocycles. The summed E-state index contributed by atoms with van der Waals surface area (Å²) >= 11 is 5.91. The van der Waals surface area contributed by atoms with Crippen LogP contribution in [0.2, 0.25) is 5.02 Å². The topological polar surface area (TPSA) is 26.3 Å². The SMILES string of the molecule is CC(C)C(=O)OC(C)(C)c1cccc(Cl)c1. The van der Waals surface area contributed by atoms with Crippen LogP contribution < -0.4 is 0 Å². The Bertz CT molecular complexity index is 383. The lowest BCUT2D eigenvalue weighted by molar-refractivity contribution is -0.161. The predicted octanol–water partition coefficient (Wildman–Crippen LogP) is 3.77. The number of hydrogen-bond acceptors (Lipinski definition) is 2. The second-order valence-corrected chi connectivity index (χ2v) is 5.03. The Morgan fingerprint density at radius 2 is 2.00 bits per heavy atom. The molecule has 0 atom stereocenters. The smallest absolute Gasteiger partial charge is 0.309 e. The van der Waals surface area contributed by atoms with Crippen molar-refractivity contribution in [2.75, 3.05) is 0 Å². The molecule has 0 aromatic heterocycles. The highest BCUT2D eigenvalue weighted by atomic mass is 35.5. The molecule has 0 saturated carbocycles. The van der Waals surface area contributed by atoms with E-state index < -0.39 is 5.60 Å². The normalized spacial score (nSPS) is 11.6. The van der Waals surface area contributed by atoms with Gasteiger partial charge in [-0.2, -0.15) is 0 Å². The van der Waals surface area contributed by atoms with Crippen molar-refractivity contribution in [3.05, 3.63) is 34.9 Å². The van der Waals surface area contributed by atoms with E-state index in [1.165, 1.54) is 0 Å². The Balaban J connectivity index is 2.89. The van der Waals surface area contributed by atoms with Crippen molar-refractivity contribution >= 4 is 17.6 Å². The van der Waals surface area contributed by atoms with Crippen LogP contribution in [-0.4, -0.2) is 5.97 Å². The van der Waals surface area contributed by atoms with Gasteiger partial charge in [0.05, 0.1) is 5.92 Å². The van der Waals surface area contributed by atoms with Crippen LogP contribution in [-0.2, 0) is 15.1 Å². The lowest BCUT2D eigenvalue weighted by atomic mass is 9.98. The minimum Gasteiger partial charge on any atom is -0.455 e. The van der Waals surface area contributed by atoms with Crippen LogP contribution in [0.25, 0.3) is 0 Å². The monoisotopic (exact) mass is 240 g/mol. The maximum Gasteiger partial charge on any atom is 0.309 e. The third-order valence-electron chi connectivity index (χ3n) is 2.35. The molecule has 88 valence electrons. The van der Waals surface area contributed by atoms with Crippen molar-refractivity contribution in [2.24, 2.45) is 5.92 Å². The van der Waals surface area contributed by atoms with Crippen LogP contribution in [0.4, 0.5) is 0 Å². The largest absolute Gasteiger partial charge is 0.455 e. The molecule has 0 unspecified atom stereocenters. The molecule has 16 heavy (non-hydrogen) atoms. The van der Waals surface area contributed by atoms with Crippen LogP contribution >= 0.6 is 11.6 Å². The van der Waals surface area contributed by atoms with Gasteiger partial charge in [-0.1, -0.05) is 37.6 Å². The molecule has 0 spiro atoms. The van der Waals surface area contributed by atoms with Gasteiger partial charge in [0, 0.05) is 5.02 Å². The summed E-state index contributed by atoms with van der Waals surface area (Å²) in [5.74, 6) is -0.330. The first kappa shape index (κ1) is 13.0. The molecule has 0 aliphatic rings. The Labute approximate surface area is 102 Å². The third kappa shape index (κ3) is 3.24. The Hall–Kier alpha value is -1.02. The van der Waals surface area contributed by atoms with Crippen LogP contribution in [0.1, 0.15) is 33.3 Å². The summed E-state index contributed by atoms with van der Waals surface area (Å²) in [5.41, 5.74) is 0.251. The first-order chi connectivity index (χ1) is 7.33. The molecule has 0 aliphatic heterocycles. The average Bonchev–Trinajstić information content (AvgIpc) is 2.17. The summed E-state index contributed by atoms with van der Waals surface area (Å²) in [5, 5.41) is 0.645. The second kappa shape index (κ2) is 4.88. The van der Waals surface area contributed by atoms with Crippen molar-refractivity contribution in [2.45, 2.75) is 33.3 Å². The lowest BCUT2D eigenvalue weighted by Gasteiger charge is -2.26. The van der Waals surface area contributed by atoms with Gasteiger partial charge in [0.25, 0.3) is 0 Å². The highest BCUT2D eigenvalue weighted by molar-refractivity contribution is 6.30. The van der Waals surface area contributed by atoms with E-state index in [0.717, 1.165) is 5.56 Å². The van der Waals surface area contributed by atoms with Gasteiger partial charge >= 0.3 is 5.97 Å². The van der Waals surface area contributed by atoms with E-state index in [4.69, 9.17) is 16.3 Å². The number of carbonyl (C=O) groups excluding carboxylic acids is 1. The van der Waals surface area contributed by atoms with Crippen molar-refractivity contribution in [1.29, 1.82) is 0 Å². The summed E-state index contributed by atoms with van der Waals surface area (Å²) in [7, 11) is 0. The fourth-order valence-electron chi connectivity index (χ4n) is 1.29. The number of benzene rings is 1. The predicted molar refractivity (Wildman–Crippen MR) is 65.4 cm³/mol. The van der Waals surface area contributed by atoms with E-state index in [1.54, 1.807) is 6.07 Å². The van der Waals surface area contributed by atoms with Gasteiger partial charge in [-0.15, -0.1) is 0 Å². The Kier molecular flexibility index (Phi) is 3.98. The number of halogens is 1. The summed E-state index contributed by atoms with van der Waals surface area (Å²) in [6, 6.07) is 7.36. The maximum atomic E-state index is 11.6. The van der Waals surface area contributed by atoms with Crippen molar-refractivity contribution in [3.8, 4) is 0 Å². The standard InChI is InChI=1S/C13H17ClO2/c1-9(2)12(15)16-13(3,4)10-6-5-7-11(14)8-10/h5-9H,1-4H3. The van der Waals surface area contributed by atoms with Gasteiger partial charge in [0.2, 0.25) is 0 Å². The van der Waals surface area contributed by atoms with Gasteiger partial charge in [-0.3, -0.25) is 4.79 Å². The number of hydrogen-bond donors (Lipinski definition) is 0. The molecule has 1 rings (SSSR count). The van der Waals surface area contributed by atoms with E-state index in [9.17, 15) is 4.79 Å². The van der Waals surface area contributed by atoms with Crippen LogP contribution in [0, 0.1) is 5.92 Å². The summed E-state index contributed by atoms with van der Waals surface area (Å²) < 4.78 is 5.44. The molecular formula is C13H17ClO2. The van der Waals surface area contributed by atoms with Gasteiger partial charge in [-0.05, 0) is 31.5 Å². The lowest BCUT2D eigenvalue weighted by Crippen LogP contribution is -2.27. The molecule has 0 bridgehead atoms. The van der Waals surface area contributed by atoms with Gasteiger partial charge < -0.3 is 4.74 Å². The first-order valence-corrected chi connectivity index (χ1v) is 5.69. The van der Waals surface area contributed by atoms with Crippen molar-refractivity contribution in [1.82, 2.24) is 0 Å². The highest BCUT2D eigenvalue weighted by Gasteiger charge is 2.26. The van der Waals surface area contributed by atoms with Crippen molar-refractivity contribution < 1.29 is 9.53 Å². The third-order valence-corrected chi connectivity index (χ3v) is 2.58. The fourth-order valence-corrected chi connectivity index (χ4v) is 1.48. The number of rotatable bonds is 3. The molecule has 0 fully saturated rings. The first-order valence-electron chi connectivity index (χ1n) is 5.32. The molecule has 0 amide bonds. The molecule has 0 radical (unpaired) electrons. The van der Waals surface area contributed by atoms with Crippen molar-refractivity contribution in [3.63, 3.8) is 0 Å². The number of ether oxygens (including phenoxy) is 1. The van der Waals surface area contributed by atoms with E-state index in [2.05, 4.69) is 0 Å². The zero-order valence-corrected chi connectivity index (χ0v) is 10.8. The maximum absolute atomic E-state index is 11.6. The van der Waals surface area contributed by atoms with Gasteiger partial charge in [0.15, 0.2) is 0 Å². The van der Waals surface area contributed by atoms with E-state index in [1.807, 2.05) is 45.9 Å². The zero-order chi connectivity index (χ0) is 12.3. The number of esters is 1. The van der Waals surface area contributed by atoms with Gasteiger partial charge in [0.1, 0.15) is 5.60 Å². The summed E-state index contributed by atoms with van der Waals surface area (Å²) in [6.07, 6.45) is 0. The summed E-state index contributed by atoms with van der Waals surface area (Å²) in [6.45, 7) is 7.35. The molecule has 1 aromatic rings. The zero-order valence-electron chi connectivity index (χ0n) is 10.1. The van der Waals surface area contributed by atoms with Gasteiger partial charge in [-0.25, -0.2) is 0 Å². The molecule has 3 heteroatoms. The highest BCUT2D eigenvalue weighted by Crippen LogP contribution is 2.27. The Morgan fingerprint density at radius 3 is 2.50 bits per heavy atom. The second-order valence-electron chi connectivity index (χ2n) is 4.60. The number of carbonyl (C=O) groups is 1. The fraction of sp³-hybridized carbons (Fsp3) is 0.462. The quantitative estimate of drug-likeness (QED) is 0.752. The van der Waals surface area contributed by atoms with E-state index >= 15 is 0 Å². The Morgan fingerprint density at radius 1 is 1.38 bits per heavy atom. The molecule has 0 saturated heterocycles. The van der Waals surface area contributed by atoms with E-state index in [-0.39, 0.29) is 11.9 Å². The minimum atomic E-state index is -0.647. The van der Waals surface area contributed by atoms with E-state index in [0.29, 0.717) is 5.02 Å². The molecule has 0 N–H and O–H groups in total. The average molecular weight is 241 g/mol. The molecule has 2 nitrogen and oxygen atoms in total. The van der Waals surface area contributed by atoms with Crippen LogP contribution in [0.3, 0.4) is 0 Å². The summed E-state index contributed by atoms with van der Waals surface area (Å²) in [4.78, 5) is 11.6. The molecular weight excluding hydrogens is 224 g/mol. The van der Waals surface area contributed by atoms with Crippen LogP contribution in [0.15, 0.2) is 24.3 Å². The molecule has 1 aromatic carbocycles. The minimum absolute atomic E-state index is 0.126.